The summed E-state index contributed by atoms with van der Waals surface area (Å²) in [5.74, 6) is -0.324. The molecule has 3 rings (SSSR count). The van der Waals surface area contributed by atoms with Gasteiger partial charge in [0.05, 0.1) is 18.9 Å². The van der Waals surface area contributed by atoms with Gasteiger partial charge in [0.15, 0.2) is 5.43 Å². The second kappa shape index (κ2) is 6.96. The quantitative estimate of drug-likeness (QED) is 0.821. The summed E-state index contributed by atoms with van der Waals surface area (Å²) in [6.07, 6.45) is 2.24. The van der Waals surface area contributed by atoms with Crippen LogP contribution in [0.2, 0.25) is 0 Å². The number of benzene rings is 1. The van der Waals surface area contributed by atoms with Crippen molar-refractivity contribution in [3.05, 3.63) is 51.3 Å². The molecule has 26 heavy (non-hydrogen) atoms. The van der Waals surface area contributed by atoms with E-state index in [1.165, 1.54) is 6.07 Å². The maximum absolute atomic E-state index is 12.5. The maximum Gasteiger partial charge on any atom is 0.343 e. The van der Waals surface area contributed by atoms with Gasteiger partial charge in [0, 0.05) is 29.4 Å². The van der Waals surface area contributed by atoms with Crippen molar-refractivity contribution in [3.63, 3.8) is 0 Å². The summed E-state index contributed by atoms with van der Waals surface area (Å²) in [7, 11) is 0. The molecule has 0 fully saturated rings. The minimum absolute atomic E-state index is 0.0193. The molecule has 0 amide bonds. The lowest BCUT2D eigenvalue weighted by Crippen LogP contribution is -2.28. The third-order valence-corrected chi connectivity index (χ3v) is 4.88. The molecule has 6 heteroatoms. The number of carbonyl (C=O) groups is 1. The number of carbonyl (C=O) groups excluding carboxylic acids is 1. The number of fused-ring (bicyclic) bond motifs is 3. The van der Waals surface area contributed by atoms with E-state index >= 15 is 0 Å². The number of aromatic hydroxyl groups is 1. The lowest BCUT2D eigenvalue weighted by molar-refractivity contribution is 0.0523. The first-order chi connectivity index (χ1) is 12.4. The van der Waals surface area contributed by atoms with E-state index in [-0.39, 0.29) is 36.5 Å². The van der Waals surface area contributed by atoms with Gasteiger partial charge in [-0.1, -0.05) is 13.8 Å². The second-order valence-electron chi connectivity index (χ2n) is 6.88. The van der Waals surface area contributed by atoms with Crippen LogP contribution in [0.15, 0.2) is 29.2 Å². The van der Waals surface area contributed by atoms with Crippen LogP contribution >= 0.6 is 0 Å². The number of nitrogens with zero attached hydrogens (tertiary/aromatic N) is 1. The molecule has 1 aliphatic heterocycles. The summed E-state index contributed by atoms with van der Waals surface area (Å²) in [5.41, 5.74) is 2.41. The van der Waals surface area contributed by atoms with Crippen molar-refractivity contribution in [2.24, 2.45) is 5.92 Å². The van der Waals surface area contributed by atoms with Gasteiger partial charge in [0.2, 0.25) is 0 Å². The van der Waals surface area contributed by atoms with Gasteiger partial charge in [-0.05, 0) is 37.0 Å². The van der Waals surface area contributed by atoms with Gasteiger partial charge in [-0.3, -0.25) is 4.79 Å². The molecule has 1 aromatic heterocycles. The molecule has 0 saturated carbocycles. The smallest absolute Gasteiger partial charge is 0.343 e. The van der Waals surface area contributed by atoms with E-state index in [9.17, 15) is 19.8 Å². The van der Waals surface area contributed by atoms with Crippen LogP contribution in [0.25, 0.3) is 11.3 Å². The molecule has 0 spiro atoms. The molecule has 0 saturated heterocycles. The lowest BCUT2D eigenvalue weighted by atomic mass is 9.86. The largest absolute Gasteiger partial charge is 0.508 e. The average molecular weight is 357 g/mol. The van der Waals surface area contributed by atoms with Crippen LogP contribution in [-0.4, -0.2) is 27.4 Å². The Hall–Kier alpha value is -2.60. The SMILES string of the molecule is CCOC(=O)c1cn2c(cc1=O)-c1cc(CO)c(O)cc1CC2C(C)C. The van der Waals surface area contributed by atoms with Crippen molar-refractivity contribution >= 4 is 5.97 Å². The Morgan fingerprint density at radius 3 is 2.69 bits per heavy atom. The zero-order valence-corrected chi connectivity index (χ0v) is 15.2. The number of ether oxygens (including phenoxy) is 1. The highest BCUT2D eigenvalue weighted by Crippen LogP contribution is 2.40. The molecule has 1 aliphatic rings. The van der Waals surface area contributed by atoms with Crippen molar-refractivity contribution in [1.29, 1.82) is 0 Å². The van der Waals surface area contributed by atoms with E-state index in [1.54, 1.807) is 25.3 Å². The van der Waals surface area contributed by atoms with Crippen LogP contribution in [0, 0.1) is 5.92 Å². The number of aliphatic hydroxyl groups is 1. The fourth-order valence-corrected chi connectivity index (χ4v) is 3.49. The zero-order chi connectivity index (χ0) is 19.0. The lowest BCUT2D eigenvalue weighted by Gasteiger charge is -2.33. The summed E-state index contributed by atoms with van der Waals surface area (Å²) in [6, 6.07) is 4.84. The molecule has 0 radical (unpaired) electrons. The molecular formula is C20H23NO5. The fourth-order valence-electron chi connectivity index (χ4n) is 3.49. The monoisotopic (exact) mass is 357 g/mol. The molecule has 2 aromatic rings. The molecule has 1 atom stereocenters. The van der Waals surface area contributed by atoms with Gasteiger partial charge in [0.1, 0.15) is 11.3 Å². The average Bonchev–Trinajstić information content (AvgIpc) is 2.59. The van der Waals surface area contributed by atoms with Crippen LogP contribution in [0.4, 0.5) is 0 Å². The van der Waals surface area contributed by atoms with Crippen molar-refractivity contribution in [2.45, 2.75) is 39.8 Å². The molecule has 2 heterocycles. The normalized spacial score (nSPS) is 15.5. The number of pyridine rings is 1. The summed E-state index contributed by atoms with van der Waals surface area (Å²) in [5, 5.41) is 19.5. The van der Waals surface area contributed by atoms with Gasteiger partial charge >= 0.3 is 5.97 Å². The highest BCUT2D eigenvalue weighted by molar-refractivity contribution is 5.89. The number of hydrogen-bond donors (Lipinski definition) is 2. The zero-order valence-electron chi connectivity index (χ0n) is 15.2. The number of esters is 1. The summed E-state index contributed by atoms with van der Waals surface area (Å²) in [4.78, 5) is 24.6. The topological polar surface area (TPSA) is 88.8 Å². The van der Waals surface area contributed by atoms with Gasteiger partial charge in [-0.25, -0.2) is 4.79 Å². The summed E-state index contributed by atoms with van der Waals surface area (Å²) < 4.78 is 6.94. The first-order valence-corrected chi connectivity index (χ1v) is 8.76. The third kappa shape index (κ3) is 3.01. The maximum atomic E-state index is 12.5. The predicted octanol–water partition coefficient (Wildman–Crippen LogP) is 2.64. The molecule has 138 valence electrons. The summed E-state index contributed by atoms with van der Waals surface area (Å²) >= 11 is 0. The Morgan fingerprint density at radius 1 is 1.35 bits per heavy atom. The van der Waals surface area contributed by atoms with Crippen LogP contribution in [0.1, 0.15) is 48.3 Å². The molecule has 0 aliphatic carbocycles. The van der Waals surface area contributed by atoms with Crippen LogP contribution in [-0.2, 0) is 17.8 Å². The van der Waals surface area contributed by atoms with Gasteiger partial charge in [-0.2, -0.15) is 0 Å². The summed E-state index contributed by atoms with van der Waals surface area (Å²) in [6.45, 7) is 5.75. The third-order valence-electron chi connectivity index (χ3n) is 4.88. The van der Waals surface area contributed by atoms with Crippen molar-refractivity contribution in [1.82, 2.24) is 4.57 Å². The molecule has 1 unspecified atom stereocenters. The van der Waals surface area contributed by atoms with Crippen molar-refractivity contribution < 1.29 is 19.7 Å². The number of phenols is 1. The molecule has 2 N–H and O–H groups in total. The first-order valence-electron chi connectivity index (χ1n) is 8.76. The van der Waals surface area contributed by atoms with Gasteiger partial charge < -0.3 is 19.5 Å². The Balaban J connectivity index is 2.25. The highest BCUT2D eigenvalue weighted by Gasteiger charge is 2.29. The van der Waals surface area contributed by atoms with Crippen molar-refractivity contribution in [2.75, 3.05) is 6.61 Å². The molecule has 6 nitrogen and oxygen atoms in total. The minimum atomic E-state index is -0.622. The Kier molecular flexibility index (Phi) is 4.87. The second-order valence-corrected chi connectivity index (χ2v) is 6.88. The fraction of sp³-hybridized carbons (Fsp3) is 0.400. The highest BCUT2D eigenvalue weighted by atomic mass is 16.5. The number of aliphatic hydroxyl groups excluding tert-OH is 1. The Morgan fingerprint density at radius 2 is 2.08 bits per heavy atom. The Bertz CT molecular complexity index is 913. The van der Waals surface area contributed by atoms with Gasteiger partial charge in [0.25, 0.3) is 0 Å². The van der Waals surface area contributed by atoms with E-state index in [4.69, 9.17) is 4.74 Å². The minimum Gasteiger partial charge on any atom is -0.508 e. The standard InChI is InChI=1S/C20H23NO5/c1-4-26-20(25)15-9-21-16(11(2)3)6-12-7-18(23)13(10-22)5-14(12)17(21)8-19(15)24/h5,7-9,11,16,22-23H,4,6,10H2,1-3H3. The van der Waals surface area contributed by atoms with E-state index < -0.39 is 11.4 Å². The molecule has 0 bridgehead atoms. The molecular weight excluding hydrogens is 334 g/mol. The van der Waals surface area contributed by atoms with E-state index in [0.29, 0.717) is 17.7 Å². The van der Waals surface area contributed by atoms with Crippen LogP contribution < -0.4 is 5.43 Å². The van der Waals surface area contributed by atoms with E-state index in [2.05, 4.69) is 13.8 Å². The Labute approximate surface area is 151 Å². The van der Waals surface area contributed by atoms with Crippen molar-refractivity contribution in [3.8, 4) is 17.0 Å². The first kappa shape index (κ1) is 18.2. The van der Waals surface area contributed by atoms with E-state index in [1.807, 2.05) is 4.57 Å². The van der Waals surface area contributed by atoms with Crippen LogP contribution in [0.3, 0.4) is 0 Å². The number of rotatable bonds is 4. The van der Waals surface area contributed by atoms with E-state index in [0.717, 1.165) is 11.1 Å². The number of hydrogen-bond acceptors (Lipinski definition) is 5. The number of aromatic nitrogens is 1. The van der Waals surface area contributed by atoms with Crippen LogP contribution in [0.5, 0.6) is 5.75 Å². The molecule has 1 aromatic carbocycles. The predicted molar refractivity (Wildman–Crippen MR) is 97.3 cm³/mol. The van der Waals surface area contributed by atoms with Gasteiger partial charge in [-0.15, -0.1) is 0 Å².